The van der Waals surface area contributed by atoms with E-state index in [1.165, 1.54) is 23.1 Å². The molecule has 1 aliphatic carbocycles. The fourth-order valence-corrected chi connectivity index (χ4v) is 4.75. The van der Waals surface area contributed by atoms with Gasteiger partial charge in [0, 0.05) is 12.6 Å². The molecular formula is C19H19N3O2S2. The van der Waals surface area contributed by atoms with Gasteiger partial charge in [0.25, 0.3) is 5.56 Å². The highest BCUT2D eigenvalue weighted by atomic mass is 32.2. The highest BCUT2D eigenvalue weighted by Gasteiger charge is 2.30. The molecule has 1 saturated carbocycles. The van der Waals surface area contributed by atoms with Crippen LogP contribution in [0.2, 0.25) is 0 Å². The molecule has 7 heteroatoms. The molecule has 0 radical (unpaired) electrons. The lowest BCUT2D eigenvalue weighted by Crippen LogP contribution is -2.30. The first-order chi connectivity index (χ1) is 12.7. The average molecular weight is 386 g/mol. The zero-order valence-corrected chi connectivity index (χ0v) is 16.0. The van der Waals surface area contributed by atoms with Crippen LogP contribution in [-0.4, -0.2) is 21.5 Å². The second-order valence-corrected chi connectivity index (χ2v) is 8.26. The zero-order valence-electron chi connectivity index (χ0n) is 14.3. The van der Waals surface area contributed by atoms with Crippen molar-refractivity contribution in [2.24, 2.45) is 0 Å². The molecule has 1 aromatic carbocycles. The van der Waals surface area contributed by atoms with Crippen LogP contribution in [0.5, 0.6) is 0 Å². The van der Waals surface area contributed by atoms with Gasteiger partial charge < -0.3 is 5.32 Å². The third-order valence-corrected chi connectivity index (χ3v) is 6.47. The Balaban J connectivity index is 1.74. The van der Waals surface area contributed by atoms with Gasteiger partial charge in [-0.15, -0.1) is 11.3 Å². The molecule has 1 N–H and O–H groups in total. The van der Waals surface area contributed by atoms with E-state index in [4.69, 9.17) is 0 Å². The Hall–Kier alpha value is -2.12. The third-order valence-electron chi connectivity index (χ3n) is 4.33. The molecule has 3 aromatic rings. The number of rotatable bonds is 6. The Bertz CT molecular complexity index is 993. The molecule has 5 nitrogen and oxygen atoms in total. The summed E-state index contributed by atoms with van der Waals surface area (Å²) in [4.78, 5) is 30.3. The first-order valence-corrected chi connectivity index (χ1v) is 10.4. The Morgan fingerprint density at radius 3 is 2.81 bits per heavy atom. The molecule has 2 aromatic heterocycles. The van der Waals surface area contributed by atoms with Crippen LogP contribution < -0.4 is 10.9 Å². The first-order valence-electron chi connectivity index (χ1n) is 8.67. The Kier molecular flexibility index (Phi) is 4.82. The van der Waals surface area contributed by atoms with Gasteiger partial charge in [-0.05, 0) is 36.8 Å². The molecule has 1 aliphatic rings. The van der Waals surface area contributed by atoms with Crippen LogP contribution in [0.4, 0.5) is 0 Å². The largest absolute Gasteiger partial charge is 0.352 e. The number of hydrogen-bond donors (Lipinski definition) is 1. The number of nitrogens with one attached hydrogen (secondary N) is 1. The minimum atomic E-state index is -0.433. The summed E-state index contributed by atoms with van der Waals surface area (Å²) >= 11 is 2.75. The number of carbonyl (C=O) groups excluding carboxylic acids is 1. The SMILES string of the molecule is CCn1c(SC(C(=O)NC2CC2)c2ccccc2)nc2ccsc2c1=O. The molecule has 26 heavy (non-hydrogen) atoms. The van der Waals surface area contributed by atoms with Gasteiger partial charge >= 0.3 is 0 Å². The molecule has 4 rings (SSSR count). The van der Waals surface area contributed by atoms with Gasteiger partial charge in [-0.3, -0.25) is 14.2 Å². The van der Waals surface area contributed by atoms with Crippen LogP contribution in [0, 0.1) is 0 Å². The number of fused-ring (bicyclic) bond motifs is 1. The van der Waals surface area contributed by atoms with Crippen LogP contribution >= 0.6 is 23.1 Å². The predicted octanol–water partition coefficient (Wildman–Crippen LogP) is 3.59. The molecule has 0 spiro atoms. The molecular weight excluding hydrogens is 366 g/mol. The lowest BCUT2D eigenvalue weighted by Gasteiger charge is -2.18. The van der Waals surface area contributed by atoms with Crippen molar-refractivity contribution in [1.29, 1.82) is 0 Å². The van der Waals surface area contributed by atoms with Crippen LogP contribution in [0.25, 0.3) is 10.2 Å². The molecule has 0 aliphatic heterocycles. The molecule has 134 valence electrons. The standard InChI is InChI=1S/C19H19N3O2S2/c1-2-22-18(24)16-14(10-11-25-16)21-19(22)26-15(12-6-4-3-5-7-12)17(23)20-13-8-9-13/h3-7,10-11,13,15H,2,8-9H2,1H3,(H,20,23). The predicted molar refractivity (Wildman–Crippen MR) is 106 cm³/mol. The second-order valence-electron chi connectivity index (χ2n) is 6.27. The van der Waals surface area contributed by atoms with Crippen molar-refractivity contribution in [1.82, 2.24) is 14.9 Å². The van der Waals surface area contributed by atoms with E-state index >= 15 is 0 Å². The summed E-state index contributed by atoms with van der Waals surface area (Å²) in [5, 5.41) is 5.11. The van der Waals surface area contributed by atoms with E-state index in [1.807, 2.05) is 48.7 Å². The number of aromatic nitrogens is 2. The van der Waals surface area contributed by atoms with Crippen molar-refractivity contribution in [3.05, 3.63) is 57.7 Å². The molecule has 1 amide bonds. The number of benzene rings is 1. The highest BCUT2D eigenvalue weighted by molar-refractivity contribution is 8.00. The molecule has 0 bridgehead atoms. The van der Waals surface area contributed by atoms with E-state index in [9.17, 15) is 9.59 Å². The van der Waals surface area contributed by atoms with Crippen LogP contribution in [0.3, 0.4) is 0 Å². The van der Waals surface area contributed by atoms with Crippen molar-refractivity contribution in [3.8, 4) is 0 Å². The second kappa shape index (κ2) is 7.25. The van der Waals surface area contributed by atoms with Crippen molar-refractivity contribution in [2.75, 3.05) is 0 Å². The van der Waals surface area contributed by atoms with E-state index in [-0.39, 0.29) is 17.5 Å². The quantitative estimate of drug-likeness (QED) is 0.520. The molecule has 1 atom stereocenters. The van der Waals surface area contributed by atoms with Gasteiger partial charge in [-0.1, -0.05) is 42.1 Å². The molecule has 2 heterocycles. The summed E-state index contributed by atoms with van der Waals surface area (Å²) in [5.74, 6) is -0.0222. The van der Waals surface area contributed by atoms with E-state index in [0.717, 1.165) is 18.4 Å². The first kappa shape index (κ1) is 17.3. The van der Waals surface area contributed by atoms with Crippen molar-refractivity contribution < 1.29 is 4.79 Å². The molecule has 0 saturated heterocycles. The van der Waals surface area contributed by atoms with E-state index < -0.39 is 5.25 Å². The third kappa shape index (κ3) is 3.41. The smallest absolute Gasteiger partial charge is 0.272 e. The lowest BCUT2D eigenvalue weighted by atomic mass is 10.1. The highest BCUT2D eigenvalue weighted by Crippen LogP contribution is 2.36. The van der Waals surface area contributed by atoms with Crippen molar-refractivity contribution in [2.45, 2.75) is 42.8 Å². The van der Waals surface area contributed by atoms with Crippen LogP contribution in [-0.2, 0) is 11.3 Å². The van der Waals surface area contributed by atoms with Gasteiger partial charge in [0.15, 0.2) is 5.16 Å². The number of hydrogen-bond acceptors (Lipinski definition) is 5. The van der Waals surface area contributed by atoms with E-state index in [0.29, 0.717) is 21.9 Å². The maximum absolute atomic E-state index is 12.9. The maximum Gasteiger partial charge on any atom is 0.272 e. The number of amides is 1. The van der Waals surface area contributed by atoms with Crippen LogP contribution in [0.1, 0.15) is 30.6 Å². The molecule has 1 fully saturated rings. The van der Waals surface area contributed by atoms with Gasteiger partial charge in [0.1, 0.15) is 9.95 Å². The zero-order chi connectivity index (χ0) is 18.1. The number of carbonyl (C=O) groups is 1. The summed E-state index contributed by atoms with van der Waals surface area (Å²) in [6.07, 6.45) is 2.08. The van der Waals surface area contributed by atoms with Gasteiger partial charge in [-0.25, -0.2) is 4.98 Å². The van der Waals surface area contributed by atoms with Crippen molar-refractivity contribution in [3.63, 3.8) is 0 Å². The molecule has 1 unspecified atom stereocenters. The topological polar surface area (TPSA) is 64.0 Å². The van der Waals surface area contributed by atoms with Gasteiger partial charge in [-0.2, -0.15) is 0 Å². The monoisotopic (exact) mass is 385 g/mol. The fraction of sp³-hybridized carbons (Fsp3) is 0.316. The fourth-order valence-electron chi connectivity index (χ4n) is 2.80. The average Bonchev–Trinajstić information content (AvgIpc) is 3.33. The normalized spacial score (nSPS) is 15.1. The van der Waals surface area contributed by atoms with Gasteiger partial charge in [0.05, 0.1) is 5.52 Å². The summed E-state index contributed by atoms with van der Waals surface area (Å²) < 4.78 is 2.32. The Labute approximate surface area is 159 Å². The van der Waals surface area contributed by atoms with Crippen molar-refractivity contribution >= 4 is 39.2 Å². The van der Waals surface area contributed by atoms with E-state index in [1.54, 1.807) is 4.57 Å². The van der Waals surface area contributed by atoms with Gasteiger partial charge in [0.2, 0.25) is 5.91 Å². The number of thioether (sulfide) groups is 1. The summed E-state index contributed by atoms with van der Waals surface area (Å²) in [5.41, 5.74) is 1.57. The summed E-state index contributed by atoms with van der Waals surface area (Å²) in [7, 11) is 0. The number of thiophene rings is 1. The van der Waals surface area contributed by atoms with E-state index in [2.05, 4.69) is 10.3 Å². The minimum absolute atomic E-state index is 0.0222. The minimum Gasteiger partial charge on any atom is -0.352 e. The number of nitrogens with zero attached hydrogens (tertiary/aromatic N) is 2. The summed E-state index contributed by atoms with van der Waals surface area (Å²) in [6, 6.07) is 11.8. The van der Waals surface area contributed by atoms with Crippen LogP contribution in [0.15, 0.2) is 51.7 Å². The summed E-state index contributed by atoms with van der Waals surface area (Å²) in [6.45, 7) is 2.45. The lowest BCUT2D eigenvalue weighted by molar-refractivity contribution is -0.120. The Morgan fingerprint density at radius 2 is 2.12 bits per heavy atom. The maximum atomic E-state index is 12.9. The Morgan fingerprint density at radius 1 is 1.35 bits per heavy atom.